The smallest absolute Gasteiger partial charge is 0.282 e. The Bertz CT molecular complexity index is 233. The lowest BCUT2D eigenvalue weighted by atomic mass is 10.3. The summed E-state index contributed by atoms with van der Waals surface area (Å²) in [7, 11) is -0.995. The Labute approximate surface area is 84.3 Å². The van der Waals surface area contributed by atoms with E-state index in [1.165, 1.54) is 0 Å². The zero-order chi connectivity index (χ0) is 11.0. The SMILES string of the molecule is COc1ccccc1NN.[O-][Cl+2]([O-])O. The molecule has 0 saturated heterocycles. The summed E-state index contributed by atoms with van der Waals surface area (Å²) in [4.78, 5) is 0. The lowest BCUT2D eigenvalue weighted by Gasteiger charge is -2.05. The van der Waals surface area contributed by atoms with Crippen LogP contribution in [0.3, 0.4) is 0 Å². The van der Waals surface area contributed by atoms with Gasteiger partial charge in [0.25, 0.3) is 10.8 Å². The molecule has 0 amide bonds. The molecular weight excluding hydrogens is 212 g/mol. The van der Waals surface area contributed by atoms with Crippen molar-refractivity contribution in [3.63, 3.8) is 0 Å². The molecule has 0 aliphatic rings. The van der Waals surface area contributed by atoms with Gasteiger partial charge in [-0.05, 0) is 12.1 Å². The Hall–Kier alpha value is -1.05. The van der Waals surface area contributed by atoms with Crippen molar-refractivity contribution in [2.24, 2.45) is 5.84 Å². The van der Waals surface area contributed by atoms with Crippen LogP contribution in [0.5, 0.6) is 5.75 Å². The normalized spacial score (nSPS) is 9.00. The lowest BCUT2D eigenvalue weighted by molar-refractivity contribution is -1.63. The van der Waals surface area contributed by atoms with E-state index in [1.54, 1.807) is 7.11 Å². The molecule has 0 atom stereocenters. The number of hydrazine groups is 1. The maximum absolute atomic E-state index is 8.52. The first-order valence-corrected chi connectivity index (χ1v) is 4.41. The zero-order valence-electron chi connectivity index (χ0n) is 7.44. The summed E-state index contributed by atoms with van der Waals surface area (Å²) >= 11 is 0. The van der Waals surface area contributed by atoms with E-state index >= 15 is 0 Å². The molecule has 0 fully saturated rings. The number of hydrogen-bond donors (Lipinski definition) is 3. The topological polar surface area (TPSA) is 114 Å². The molecule has 0 saturated carbocycles. The molecule has 0 aliphatic heterocycles. The van der Waals surface area contributed by atoms with Gasteiger partial charge < -0.3 is 19.5 Å². The van der Waals surface area contributed by atoms with Crippen LogP contribution in [-0.4, -0.2) is 11.8 Å². The van der Waals surface area contributed by atoms with Gasteiger partial charge in [-0.15, -0.1) is 0 Å². The maximum atomic E-state index is 8.52. The summed E-state index contributed by atoms with van der Waals surface area (Å²) in [6.07, 6.45) is 0. The van der Waals surface area contributed by atoms with Gasteiger partial charge in [-0.25, -0.2) is 0 Å². The minimum absolute atomic E-state index is 0.755. The molecule has 0 aliphatic carbocycles. The molecule has 4 N–H and O–H groups in total. The van der Waals surface area contributed by atoms with Crippen LogP contribution in [0, 0.1) is 10.8 Å². The van der Waals surface area contributed by atoms with Crippen molar-refractivity contribution in [1.29, 1.82) is 0 Å². The second-order valence-electron chi connectivity index (χ2n) is 2.05. The number of benzene rings is 1. The average molecular weight is 223 g/mol. The quantitative estimate of drug-likeness (QED) is 0.396. The number of nitrogens with two attached hydrogens (primary N) is 1. The Balaban J connectivity index is 0.000000364. The molecule has 0 bridgehead atoms. The Kier molecular flexibility index (Phi) is 6.81. The average Bonchev–Trinajstić information content (AvgIpc) is 2.17. The fourth-order valence-electron chi connectivity index (χ4n) is 0.764. The van der Waals surface area contributed by atoms with Crippen molar-refractivity contribution in [2.45, 2.75) is 0 Å². The molecule has 6 nitrogen and oxygen atoms in total. The number of methoxy groups -OCH3 is 1. The predicted octanol–water partition coefficient (Wildman–Crippen LogP) is -1.95. The molecule has 7 heteroatoms. The van der Waals surface area contributed by atoms with Crippen molar-refractivity contribution in [2.75, 3.05) is 12.5 Å². The highest BCUT2D eigenvalue weighted by Gasteiger charge is 1.95. The van der Waals surface area contributed by atoms with E-state index in [9.17, 15) is 0 Å². The summed E-state index contributed by atoms with van der Waals surface area (Å²) < 4.78 is 29.0. The highest BCUT2D eigenvalue weighted by atomic mass is 35.6. The van der Waals surface area contributed by atoms with Crippen LogP contribution in [0.25, 0.3) is 0 Å². The second kappa shape index (κ2) is 7.36. The van der Waals surface area contributed by atoms with E-state index in [2.05, 4.69) is 5.43 Å². The summed E-state index contributed by atoms with van der Waals surface area (Å²) in [6, 6.07) is 7.46. The number of rotatable bonds is 2. The fraction of sp³-hybridized carbons (Fsp3) is 0.143. The van der Waals surface area contributed by atoms with Crippen molar-refractivity contribution in [3.8, 4) is 5.75 Å². The summed E-state index contributed by atoms with van der Waals surface area (Å²) in [5, 5.41) is 0. The molecule has 1 rings (SSSR count). The van der Waals surface area contributed by atoms with E-state index in [0.717, 1.165) is 11.4 Å². The maximum Gasteiger partial charge on any atom is 0.282 e. The predicted molar refractivity (Wildman–Crippen MR) is 43.0 cm³/mol. The first-order chi connectivity index (χ1) is 6.61. The van der Waals surface area contributed by atoms with E-state index < -0.39 is 10.8 Å². The van der Waals surface area contributed by atoms with Gasteiger partial charge in [0.05, 0.1) is 12.8 Å². The molecule has 0 heterocycles. The van der Waals surface area contributed by atoms with Gasteiger partial charge in [-0.2, -0.15) is 0 Å². The number of anilines is 1. The Morgan fingerprint density at radius 2 is 1.93 bits per heavy atom. The van der Waals surface area contributed by atoms with Crippen molar-refractivity contribution in [3.05, 3.63) is 24.3 Å². The fourth-order valence-corrected chi connectivity index (χ4v) is 0.764. The van der Waals surface area contributed by atoms with Crippen LogP contribution in [0.1, 0.15) is 0 Å². The summed E-state index contributed by atoms with van der Waals surface area (Å²) in [5.41, 5.74) is 3.32. The van der Waals surface area contributed by atoms with Crippen LogP contribution in [0.2, 0.25) is 0 Å². The number of nitrogen functional groups attached to an aromatic ring is 1. The number of ether oxygens (including phenoxy) is 1. The molecule has 1 aromatic carbocycles. The third kappa shape index (κ3) is 5.57. The van der Waals surface area contributed by atoms with Gasteiger partial charge in [0, 0.05) is 4.66 Å². The van der Waals surface area contributed by atoms with E-state index in [4.69, 9.17) is 24.6 Å². The standard InChI is InChI=1S/C7H10N2O.ClHO3/c1-10-7-5-3-2-4-6(7)9-8;2-1(3)4/h2-5,9H,8H2,1H3;2H. The van der Waals surface area contributed by atoms with Crippen molar-refractivity contribution in [1.82, 2.24) is 0 Å². The molecule has 1 aromatic rings. The molecule has 80 valence electrons. The minimum Gasteiger partial charge on any atom is -0.495 e. The molecule has 0 aromatic heterocycles. The highest BCUT2D eigenvalue weighted by molar-refractivity contribution is 5.54. The number of hydrogen-bond acceptors (Lipinski definition) is 6. The van der Waals surface area contributed by atoms with E-state index in [-0.39, 0.29) is 0 Å². The third-order valence-electron chi connectivity index (χ3n) is 1.26. The second-order valence-corrected chi connectivity index (χ2v) is 2.45. The summed E-state index contributed by atoms with van der Waals surface area (Å²) in [6.45, 7) is 0. The van der Waals surface area contributed by atoms with E-state index in [0.29, 0.717) is 0 Å². The van der Waals surface area contributed by atoms with Gasteiger partial charge in [0.1, 0.15) is 5.75 Å². The van der Waals surface area contributed by atoms with Gasteiger partial charge >= 0.3 is 0 Å². The van der Waals surface area contributed by atoms with Crippen molar-refractivity contribution >= 4 is 5.69 Å². The van der Waals surface area contributed by atoms with Gasteiger partial charge in [-0.1, -0.05) is 12.1 Å². The van der Waals surface area contributed by atoms with Crippen LogP contribution < -0.4 is 25.3 Å². The monoisotopic (exact) mass is 222 g/mol. The Morgan fingerprint density at radius 1 is 1.43 bits per heavy atom. The van der Waals surface area contributed by atoms with E-state index in [1.807, 2.05) is 24.3 Å². The first-order valence-electron chi connectivity index (χ1n) is 3.46. The van der Waals surface area contributed by atoms with Crippen molar-refractivity contribution < 1.29 is 29.5 Å². The lowest BCUT2D eigenvalue weighted by Crippen LogP contribution is -2.30. The minimum atomic E-state index is -2.60. The van der Waals surface area contributed by atoms with Crippen LogP contribution in [-0.2, 0) is 0 Å². The highest BCUT2D eigenvalue weighted by Crippen LogP contribution is 2.21. The molecule has 0 spiro atoms. The molecular formula is C7H11ClN2O4. The number of nitrogens with one attached hydrogen (secondary N) is 1. The largest absolute Gasteiger partial charge is 0.495 e. The van der Waals surface area contributed by atoms with Crippen LogP contribution in [0.15, 0.2) is 24.3 Å². The number of halogens is 1. The molecule has 0 radical (unpaired) electrons. The first kappa shape index (κ1) is 12.9. The number of para-hydroxylation sites is 2. The van der Waals surface area contributed by atoms with Crippen LogP contribution in [0.4, 0.5) is 5.69 Å². The molecule has 0 unspecified atom stereocenters. The van der Waals surface area contributed by atoms with Gasteiger partial charge in [0.15, 0.2) is 0 Å². The Morgan fingerprint density at radius 3 is 2.29 bits per heavy atom. The van der Waals surface area contributed by atoms with Gasteiger partial charge in [0.2, 0.25) is 0 Å². The zero-order valence-corrected chi connectivity index (χ0v) is 8.19. The third-order valence-corrected chi connectivity index (χ3v) is 1.26. The molecule has 14 heavy (non-hydrogen) atoms. The summed E-state index contributed by atoms with van der Waals surface area (Å²) in [5.74, 6) is 5.95. The van der Waals surface area contributed by atoms with Crippen LogP contribution >= 0.6 is 0 Å². The van der Waals surface area contributed by atoms with Gasteiger partial charge in [-0.3, -0.25) is 5.84 Å².